The predicted octanol–water partition coefficient (Wildman–Crippen LogP) is 0.662. The summed E-state index contributed by atoms with van der Waals surface area (Å²) in [6.07, 6.45) is 0. The third-order valence-corrected chi connectivity index (χ3v) is 4.92. The first-order valence-electron chi connectivity index (χ1n) is 7.40. The van der Waals surface area contributed by atoms with E-state index < -0.39 is 0 Å². The monoisotopic (exact) mass is 323 g/mol. The first kappa shape index (κ1) is 15.5. The predicted molar refractivity (Wildman–Crippen MR) is 82.2 cm³/mol. The van der Waals surface area contributed by atoms with E-state index in [1.807, 2.05) is 17.7 Å². The lowest BCUT2D eigenvalue weighted by Crippen LogP contribution is -3.12. The van der Waals surface area contributed by atoms with Crippen LogP contribution in [0.15, 0.2) is 29.4 Å². The van der Waals surface area contributed by atoms with Gasteiger partial charge < -0.3 is 14.2 Å². The van der Waals surface area contributed by atoms with Gasteiger partial charge in [0.05, 0.1) is 13.2 Å². The zero-order valence-corrected chi connectivity index (χ0v) is 13.4. The first-order valence-corrected chi connectivity index (χ1v) is 8.38. The van der Waals surface area contributed by atoms with Gasteiger partial charge in [0.25, 0.3) is 0 Å². The molecule has 1 aromatic carbocycles. The molecule has 0 aliphatic carbocycles. The van der Waals surface area contributed by atoms with Gasteiger partial charge in [0.2, 0.25) is 0 Å². The molecule has 0 bridgehead atoms. The Kier molecular flexibility index (Phi) is 5.07. The molecule has 1 aliphatic rings. The Morgan fingerprint density at radius 1 is 1.27 bits per heavy atom. The summed E-state index contributed by atoms with van der Waals surface area (Å²) in [4.78, 5) is 1.47. The van der Waals surface area contributed by atoms with Crippen LogP contribution in [-0.2, 0) is 24.1 Å². The Hall–Kier alpha value is -1.44. The van der Waals surface area contributed by atoms with Gasteiger partial charge in [-0.15, -0.1) is 10.2 Å². The summed E-state index contributed by atoms with van der Waals surface area (Å²) in [5.41, 5.74) is 0.691. The van der Waals surface area contributed by atoms with E-state index in [2.05, 4.69) is 10.2 Å². The lowest BCUT2D eigenvalue weighted by atomic mass is 10.2. The number of thioether (sulfide) groups is 1. The number of nitrogens with one attached hydrogen (secondary N) is 1. The van der Waals surface area contributed by atoms with Crippen LogP contribution in [-0.4, -0.2) is 41.1 Å². The third kappa shape index (κ3) is 3.66. The highest BCUT2D eigenvalue weighted by Gasteiger charge is 2.18. The molecule has 1 aliphatic heterocycles. The smallest absolute Gasteiger partial charge is 0.191 e. The minimum Gasteiger partial charge on any atom is -0.370 e. The highest BCUT2D eigenvalue weighted by atomic mass is 32.2. The van der Waals surface area contributed by atoms with Crippen LogP contribution in [0.3, 0.4) is 0 Å². The summed E-state index contributed by atoms with van der Waals surface area (Å²) in [5, 5.41) is 9.34. The van der Waals surface area contributed by atoms with E-state index in [1.54, 1.807) is 12.1 Å². The fourth-order valence-corrected chi connectivity index (χ4v) is 3.36. The van der Waals surface area contributed by atoms with Gasteiger partial charge in [0, 0.05) is 12.8 Å². The molecule has 1 fully saturated rings. The summed E-state index contributed by atoms with van der Waals surface area (Å²) in [6.45, 7) is 4.48. The van der Waals surface area contributed by atoms with Crippen molar-refractivity contribution in [3.8, 4) is 0 Å². The van der Waals surface area contributed by atoms with Crippen molar-refractivity contribution in [2.24, 2.45) is 7.05 Å². The SMILES string of the molecule is Cn1c(C[NH+]2CCOCC2)nnc1SCc1ccccc1F. The van der Waals surface area contributed by atoms with Crippen LogP contribution in [0.4, 0.5) is 4.39 Å². The number of rotatable bonds is 5. The average Bonchev–Trinajstić information content (AvgIpc) is 2.88. The largest absolute Gasteiger partial charge is 0.370 e. The number of aromatic nitrogens is 3. The maximum absolute atomic E-state index is 13.6. The van der Waals surface area contributed by atoms with Crippen LogP contribution in [0, 0.1) is 5.82 Å². The molecule has 7 heteroatoms. The molecular weight excluding hydrogens is 303 g/mol. The van der Waals surface area contributed by atoms with E-state index in [1.165, 1.54) is 22.7 Å². The van der Waals surface area contributed by atoms with Crippen LogP contribution >= 0.6 is 11.8 Å². The number of halogens is 1. The molecule has 2 aromatic rings. The van der Waals surface area contributed by atoms with Gasteiger partial charge >= 0.3 is 0 Å². The Morgan fingerprint density at radius 3 is 2.82 bits per heavy atom. The molecule has 0 radical (unpaired) electrons. The number of morpholine rings is 1. The molecular formula is C15H20FN4OS+. The highest BCUT2D eigenvalue weighted by molar-refractivity contribution is 7.98. The molecule has 22 heavy (non-hydrogen) atoms. The van der Waals surface area contributed by atoms with Crippen LogP contribution in [0.2, 0.25) is 0 Å². The van der Waals surface area contributed by atoms with E-state index in [4.69, 9.17) is 4.74 Å². The maximum atomic E-state index is 13.6. The molecule has 0 amide bonds. The van der Waals surface area contributed by atoms with Gasteiger partial charge in [-0.05, 0) is 11.6 Å². The molecule has 3 rings (SSSR count). The van der Waals surface area contributed by atoms with Crippen molar-refractivity contribution in [3.05, 3.63) is 41.5 Å². The van der Waals surface area contributed by atoms with Gasteiger partial charge in [-0.3, -0.25) is 0 Å². The molecule has 0 spiro atoms. The van der Waals surface area contributed by atoms with Gasteiger partial charge in [0.1, 0.15) is 25.5 Å². The van der Waals surface area contributed by atoms with Crippen molar-refractivity contribution in [2.75, 3.05) is 26.3 Å². The second kappa shape index (κ2) is 7.21. The minimum absolute atomic E-state index is 0.171. The number of benzene rings is 1. The number of ether oxygens (including phenoxy) is 1. The zero-order chi connectivity index (χ0) is 15.4. The number of quaternary nitrogens is 1. The van der Waals surface area contributed by atoms with Crippen LogP contribution in [0.5, 0.6) is 0 Å². The number of nitrogens with zero attached hydrogens (tertiary/aromatic N) is 3. The molecule has 0 saturated carbocycles. The van der Waals surface area contributed by atoms with E-state index in [0.29, 0.717) is 11.3 Å². The highest BCUT2D eigenvalue weighted by Crippen LogP contribution is 2.22. The zero-order valence-electron chi connectivity index (χ0n) is 12.6. The summed E-state index contributed by atoms with van der Waals surface area (Å²) in [5.74, 6) is 1.35. The minimum atomic E-state index is -0.171. The van der Waals surface area contributed by atoms with Crippen molar-refractivity contribution in [1.29, 1.82) is 0 Å². The quantitative estimate of drug-likeness (QED) is 0.821. The van der Waals surface area contributed by atoms with Crippen LogP contribution in [0.25, 0.3) is 0 Å². The molecule has 1 saturated heterocycles. The standard InChI is InChI=1S/C15H19FN4OS/c1-19-14(10-20-6-8-21-9-7-20)17-18-15(19)22-11-12-4-2-3-5-13(12)16/h2-5H,6-11H2,1H3/p+1. The lowest BCUT2D eigenvalue weighted by Gasteiger charge is -2.23. The summed E-state index contributed by atoms with van der Waals surface area (Å²) < 4.78 is 21.0. The summed E-state index contributed by atoms with van der Waals surface area (Å²) >= 11 is 1.51. The molecule has 5 nitrogen and oxygen atoms in total. The number of hydrogen-bond acceptors (Lipinski definition) is 4. The van der Waals surface area contributed by atoms with Gasteiger partial charge in [-0.1, -0.05) is 30.0 Å². The van der Waals surface area contributed by atoms with E-state index in [9.17, 15) is 4.39 Å². The lowest BCUT2D eigenvalue weighted by molar-refractivity contribution is -0.922. The second-order valence-electron chi connectivity index (χ2n) is 5.38. The molecule has 1 aromatic heterocycles. The van der Waals surface area contributed by atoms with Gasteiger partial charge in [0.15, 0.2) is 11.0 Å². The molecule has 2 heterocycles. The third-order valence-electron chi connectivity index (χ3n) is 3.85. The number of hydrogen-bond donors (Lipinski definition) is 1. The van der Waals surface area contributed by atoms with E-state index in [-0.39, 0.29) is 5.82 Å². The first-order chi connectivity index (χ1) is 10.7. The Bertz CT molecular complexity index is 628. The van der Waals surface area contributed by atoms with E-state index >= 15 is 0 Å². The van der Waals surface area contributed by atoms with Crippen molar-refractivity contribution in [1.82, 2.24) is 14.8 Å². The molecule has 0 atom stereocenters. The van der Waals surface area contributed by atoms with Crippen molar-refractivity contribution in [3.63, 3.8) is 0 Å². The topological polar surface area (TPSA) is 44.4 Å². The second-order valence-corrected chi connectivity index (χ2v) is 6.32. The van der Waals surface area contributed by atoms with Crippen LogP contribution in [0.1, 0.15) is 11.4 Å². The molecule has 1 N–H and O–H groups in total. The van der Waals surface area contributed by atoms with E-state index in [0.717, 1.165) is 43.8 Å². The van der Waals surface area contributed by atoms with Crippen molar-refractivity contribution in [2.45, 2.75) is 17.5 Å². The average molecular weight is 323 g/mol. The fourth-order valence-electron chi connectivity index (χ4n) is 2.44. The summed E-state index contributed by atoms with van der Waals surface area (Å²) in [6, 6.07) is 6.84. The Labute approximate surface area is 133 Å². The van der Waals surface area contributed by atoms with Crippen molar-refractivity contribution < 1.29 is 14.0 Å². The fraction of sp³-hybridized carbons (Fsp3) is 0.467. The van der Waals surface area contributed by atoms with Gasteiger partial charge in [-0.25, -0.2) is 4.39 Å². The molecule has 0 unspecified atom stereocenters. The Morgan fingerprint density at radius 2 is 2.05 bits per heavy atom. The Balaban J connectivity index is 1.62. The summed E-state index contributed by atoms with van der Waals surface area (Å²) in [7, 11) is 1.97. The van der Waals surface area contributed by atoms with Crippen molar-refractivity contribution >= 4 is 11.8 Å². The normalized spacial score (nSPS) is 16.1. The molecule has 118 valence electrons. The van der Waals surface area contributed by atoms with Gasteiger partial charge in [-0.2, -0.15) is 0 Å². The maximum Gasteiger partial charge on any atom is 0.191 e. The van der Waals surface area contributed by atoms with Crippen LogP contribution < -0.4 is 4.90 Å².